The fraction of sp³-hybridized carbons (Fsp3) is 0.0833. The SMILES string of the molecule is Cc1noc2cc3cc(Cc4noc5ccc6ccccc6c45)ccc3cc12. The first-order valence-corrected chi connectivity index (χ1v) is 9.31. The third-order valence-electron chi connectivity index (χ3n) is 5.48. The van der Waals surface area contributed by atoms with Gasteiger partial charge < -0.3 is 9.05 Å². The molecule has 0 atom stereocenters. The van der Waals surface area contributed by atoms with Gasteiger partial charge in [0.1, 0.15) is 0 Å². The van der Waals surface area contributed by atoms with Gasteiger partial charge in [-0.1, -0.05) is 58.8 Å². The second-order valence-corrected chi connectivity index (χ2v) is 7.26. The van der Waals surface area contributed by atoms with Gasteiger partial charge in [-0.3, -0.25) is 0 Å². The van der Waals surface area contributed by atoms with E-state index in [0.29, 0.717) is 6.42 Å². The summed E-state index contributed by atoms with van der Waals surface area (Å²) in [6, 6.07) is 23.1. The van der Waals surface area contributed by atoms with Crippen molar-refractivity contribution >= 4 is 43.5 Å². The van der Waals surface area contributed by atoms with Gasteiger partial charge in [-0.15, -0.1) is 0 Å². The van der Waals surface area contributed by atoms with E-state index in [1.807, 2.05) is 13.0 Å². The standard InChI is InChI=1S/C24H16N2O2/c1-14-20-12-17-7-6-15(10-18(17)13-23(20)28-25-14)11-21-24-19-5-3-2-4-16(19)8-9-22(24)27-26-21/h2-10,12-13H,11H2,1H3. The molecule has 6 aromatic rings. The van der Waals surface area contributed by atoms with Crippen molar-refractivity contribution in [2.45, 2.75) is 13.3 Å². The molecule has 134 valence electrons. The zero-order chi connectivity index (χ0) is 18.7. The van der Waals surface area contributed by atoms with E-state index in [1.54, 1.807) is 0 Å². The van der Waals surface area contributed by atoms with E-state index in [9.17, 15) is 0 Å². The minimum Gasteiger partial charge on any atom is -0.356 e. The van der Waals surface area contributed by atoms with E-state index in [1.165, 1.54) is 21.7 Å². The summed E-state index contributed by atoms with van der Waals surface area (Å²) in [4.78, 5) is 0. The lowest BCUT2D eigenvalue weighted by Gasteiger charge is -2.04. The molecule has 6 rings (SSSR count). The molecule has 0 unspecified atom stereocenters. The molecule has 4 aromatic carbocycles. The monoisotopic (exact) mass is 364 g/mol. The van der Waals surface area contributed by atoms with E-state index in [2.05, 4.69) is 71.0 Å². The minimum atomic E-state index is 0.713. The maximum absolute atomic E-state index is 5.60. The number of nitrogens with zero attached hydrogens (tertiary/aromatic N) is 2. The molecule has 2 aromatic heterocycles. The highest BCUT2D eigenvalue weighted by Crippen LogP contribution is 2.31. The molecule has 0 aliphatic heterocycles. The number of hydrogen-bond acceptors (Lipinski definition) is 4. The van der Waals surface area contributed by atoms with Crippen molar-refractivity contribution in [1.29, 1.82) is 0 Å². The molecular weight excluding hydrogens is 348 g/mol. The molecule has 0 saturated carbocycles. The summed E-state index contributed by atoms with van der Waals surface area (Å²) in [6.45, 7) is 1.96. The molecular formula is C24H16N2O2. The summed E-state index contributed by atoms with van der Waals surface area (Å²) in [5.41, 5.74) is 4.71. The number of aryl methyl sites for hydroxylation is 1. The molecule has 28 heavy (non-hydrogen) atoms. The maximum atomic E-state index is 5.60. The van der Waals surface area contributed by atoms with E-state index in [4.69, 9.17) is 9.05 Å². The summed E-state index contributed by atoms with van der Waals surface area (Å²) < 4.78 is 11.0. The van der Waals surface area contributed by atoms with E-state index < -0.39 is 0 Å². The fourth-order valence-corrected chi connectivity index (χ4v) is 4.05. The van der Waals surface area contributed by atoms with Gasteiger partial charge in [-0.2, -0.15) is 0 Å². The number of hydrogen-bond donors (Lipinski definition) is 0. The van der Waals surface area contributed by atoms with Crippen LogP contribution in [-0.4, -0.2) is 10.3 Å². The highest BCUT2D eigenvalue weighted by atomic mass is 16.5. The first-order valence-electron chi connectivity index (χ1n) is 9.31. The lowest BCUT2D eigenvalue weighted by atomic mass is 9.99. The van der Waals surface area contributed by atoms with Crippen molar-refractivity contribution < 1.29 is 9.05 Å². The van der Waals surface area contributed by atoms with Crippen LogP contribution in [0.15, 0.2) is 75.8 Å². The van der Waals surface area contributed by atoms with Crippen LogP contribution in [0.2, 0.25) is 0 Å². The summed E-state index contributed by atoms with van der Waals surface area (Å²) in [5, 5.41) is 15.3. The van der Waals surface area contributed by atoms with Crippen molar-refractivity contribution in [2.24, 2.45) is 0 Å². The first kappa shape index (κ1) is 15.4. The van der Waals surface area contributed by atoms with E-state index in [0.717, 1.165) is 38.7 Å². The van der Waals surface area contributed by atoms with Crippen LogP contribution in [0, 0.1) is 6.92 Å². The number of rotatable bonds is 2. The predicted octanol–water partition coefficient (Wildman–Crippen LogP) is 6.17. The van der Waals surface area contributed by atoms with Crippen LogP contribution in [0.25, 0.3) is 43.5 Å². The summed E-state index contributed by atoms with van der Waals surface area (Å²) in [5.74, 6) is 0. The Labute approximate surface area is 160 Å². The van der Waals surface area contributed by atoms with E-state index in [-0.39, 0.29) is 0 Å². The van der Waals surface area contributed by atoms with E-state index >= 15 is 0 Å². The normalized spacial score (nSPS) is 11.9. The maximum Gasteiger partial charge on any atom is 0.167 e. The van der Waals surface area contributed by atoms with Crippen LogP contribution in [0.5, 0.6) is 0 Å². The summed E-state index contributed by atoms with van der Waals surface area (Å²) in [6.07, 6.45) is 0.713. The number of benzene rings is 4. The Kier molecular flexibility index (Phi) is 3.12. The van der Waals surface area contributed by atoms with Crippen molar-refractivity contribution in [1.82, 2.24) is 10.3 Å². The van der Waals surface area contributed by atoms with Gasteiger partial charge >= 0.3 is 0 Å². The van der Waals surface area contributed by atoms with Crippen molar-refractivity contribution in [2.75, 3.05) is 0 Å². The minimum absolute atomic E-state index is 0.713. The number of fused-ring (bicyclic) bond motifs is 5. The average Bonchev–Trinajstić information content (AvgIpc) is 3.30. The lowest BCUT2D eigenvalue weighted by molar-refractivity contribution is 0.448. The average molecular weight is 364 g/mol. The Morgan fingerprint density at radius 2 is 1.57 bits per heavy atom. The Balaban J connectivity index is 1.49. The van der Waals surface area contributed by atoms with Crippen LogP contribution >= 0.6 is 0 Å². The van der Waals surface area contributed by atoms with Crippen LogP contribution in [0.1, 0.15) is 17.0 Å². The van der Waals surface area contributed by atoms with Crippen LogP contribution in [-0.2, 0) is 6.42 Å². The molecule has 0 aliphatic rings. The molecule has 0 N–H and O–H groups in total. The first-order chi connectivity index (χ1) is 13.8. The van der Waals surface area contributed by atoms with Gasteiger partial charge in [0.15, 0.2) is 11.2 Å². The number of aromatic nitrogens is 2. The van der Waals surface area contributed by atoms with Crippen molar-refractivity contribution in [3.8, 4) is 0 Å². The topological polar surface area (TPSA) is 52.1 Å². The molecule has 0 amide bonds. The van der Waals surface area contributed by atoms with Crippen LogP contribution in [0.3, 0.4) is 0 Å². The molecule has 4 nitrogen and oxygen atoms in total. The molecule has 0 fully saturated rings. The second-order valence-electron chi connectivity index (χ2n) is 7.26. The lowest BCUT2D eigenvalue weighted by Crippen LogP contribution is -1.90. The van der Waals surface area contributed by atoms with Gasteiger partial charge in [0.05, 0.1) is 16.8 Å². The summed E-state index contributed by atoms with van der Waals surface area (Å²) in [7, 11) is 0. The smallest absolute Gasteiger partial charge is 0.167 e. The van der Waals surface area contributed by atoms with Crippen LogP contribution < -0.4 is 0 Å². The third kappa shape index (κ3) is 2.24. The summed E-state index contributed by atoms with van der Waals surface area (Å²) >= 11 is 0. The quantitative estimate of drug-likeness (QED) is 0.368. The van der Waals surface area contributed by atoms with Crippen molar-refractivity contribution in [3.05, 3.63) is 83.7 Å². The third-order valence-corrected chi connectivity index (χ3v) is 5.48. The van der Waals surface area contributed by atoms with Gasteiger partial charge in [0, 0.05) is 11.8 Å². The molecule has 0 saturated heterocycles. The molecule has 0 aliphatic carbocycles. The van der Waals surface area contributed by atoms with Crippen LogP contribution in [0.4, 0.5) is 0 Å². The van der Waals surface area contributed by atoms with Crippen molar-refractivity contribution in [3.63, 3.8) is 0 Å². The second kappa shape index (κ2) is 5.67. The molecule has 0 radical (unpaired) electrons. The molecule has 4 heteroatoms. The molecule has 2 heterocycles. The highest BCUT2D eigenvalue weighted by Gasteiger charge is 2.13. The Hall–Kier alpha value is -3.66. The zero-order valence-electron chi connectivity index (χ0n) is 15.3. The van der Waals surface area contributed by atoms with Gasteiger partial charge in [0.2, 0.25) is 0 Å². The Morgan fingerprint density at radius 1 is 0.714 bits per heavy atom. The Bertz CT molecular complexity index is 1510. The largest absolute Gasteiger partial charge is 0.356 e. The highest BCUT2D eigenvalue weighted by molar-refractivity contribution is 6.07. The molecule has 0 bridgehead atoms. The van der Waals surface area contributed by atoms with Gasteiger partial charge in [0.25, 0.3) is 0 Å². The molecule has 0 spiro atoms. The fourth-order valence-electron chi connectivity index (χ4n) is 4.05. The zero-order valence-corrected chi connectivity index (χ0v) is 15.3. The van der Waals surface area contributed by atoms with Gasteiger partial charge in [-0.25, -0.2) is 0 Å². The predicted molar refractivity (Wildman–Crippen MR) is 111 cm³/mol. The van der Waals surface area contributed by atoms with Gasteiger partial charge in [-0.05, 0) is 52.2 Å². The Morgan fingerprint density at radius 3 is 2.54 bits per heavy atom.